The van der Waals surface area contributed by atoms with Gasteiger partial charge in [0.05, 0.1) is 11.3 Å². The highest BCUT2D eigenvalue weighted by Gasteiger charge is 2.41. The molecule has 0 N–H and O–H groups in total. The molecule has 1 aliphatic heterocycles. The van der Waals surface area contributed by atoms with Crippen LogP contribution < -0.4 is 4.90 Å². The fourth-order valence-electron chi connectivity index (χ4n) is 2.50. The summed E-state index contributed by atoms with van der Waals surface area (Å²) in [6.45, 7) is 4.43. The summed E-state index contributed by atoms with van der Waals surface area (Å²) in [4.78, 5) is 25.4. The second kappa shape index (κ2) is 5.64. The second-order valence-corrected chi connectivity index (χ2v) is 5.76. The molecule has 2 rings (SSSR count). The Bertz CT molecular complexity index is 547. The van der Waals surface area contributed by atoms with E-state index in [0.717, 1.165) is 12.8 Å². The molecule has 3 nitrogen and oxygen atoms in total. The molecule has 0 saturated heterocycles. The number of hydrogen-bond acceptors (Lipinski definition) is 2. The van der Waals surface area contributed by atoms with Gasteiger partial charge in [-0.05, 0) is 30.4 Å². The molecular formula is C15H17BrFNO2. The van der Waals surface area contributed by atoms with E-state index >= 15 is 0 Å². The van der Waals surface area contributed by atoms with Crippen molar-refractivity contribution in [3.63, 3.8) is 0 Å². The Morgan fingerprint density at radius 3 is 2.45 bits per heavy atom. The monoisotopic (exact) mass is 341 g/mol. The Kier molecular flexibility index (Phi) is 4.28. The highest BCUT2D eigenvalue weighted by molar-refractivity contribution is 9.09. The fourth-order valence-corrected chi connectivity index (χ4v) is 3.47. The van der Waals surface area contributed by atoms with Gasteiger partial charge in [0.1, 0.15) is 5.82 Å². The predicted octanol–water partition coefficient (Wildman–Crippen LogP) is 3.56. The van der Waals surface area contributed by atoms with Gasteiger partial charge in [-0.15, -0.1) is 0 Å². The molecule has 0 radical (unpaired) electrons. The lowest BCUT2D eigenvalue weighted by Gasteiger charge is -2.34. The lowest BCUT2D eigenvalue weighted by atomic mass is 9.84. The Morgan fingerprint density at radius 2 is 1.90 bits per heavy atom. The van der Waals surface area contributed by atoms with E-state index in [1.54, 1.807) is 0 Å². The molecule has 108 valence electrons. The van der Waals surface area contributed by atoms with E-state index in [2.05, 4.69) is 15.9 Å². The highest BCUT2D eigenvalue weighted by Crippen LogP contribution is 2.37. The van der Waals surface area contributed by atoms with Crippen molar-refractivity contribution < 1.29 is 14.0 Å². The average molecular weight is 342 g/mol. The second-order valence-electron chi connectivity index (χ2n) is 5.20. The van der Waals surface area contributed by atoms with E-state index in [9.17, 15) is 14.0 Å². The third-order valence-electron chi connectivity index (χ3n) is 4.22. The quantitative estimate of drug-likeness (QED) is 0.606. The summed E-state index contributed by atoms with van der Waals surface area (Å²) in [7, 11) is 0. The maximum atomic E-state index is 14.0. The minimum absolute atomic E-state index is 0.134. The van der Waals surface area contributed by atoms with E-state index in [0.29, 0.717) is 11.9 Å². The molecule has 0 aliphatic carbocycles. The molecule has 0 unspecified atom stereocenters. The van der Waals surface area contributed by atoms with E-state index in [4.69, 9.17) is 0 Å². The first-order valence-electron chi connectivity index (χ1n) is 6.70. The number of para-hydroxylation sites is 1. The molecule has 5 heteroatoms. The fraction of sp³-hybridized carbons (Fsp3) is 0.467. The third-order valence-corrected chi connectivity index (χ3v) is 5.41. The molecule has 1 aliphatic rings. The molecule has 1 aromatic carbocycles. The van der Waals surface area contributed by atoms with Crippen LogP contribution in [0.2, 0.25) is 0 Å². The zero-order valence-electron chi connectivity index (χ0n) is 11.6. The number of nitrogens with zero attached hydrogens (tertiary/aromatic N) is 1. The number of benzene rings is 1. The van der Waals surface area contributed by atoms with Crippen molar-refractivity contribution in [2.75, 3.05) is 16.8 Å². The molecular weight excluding hydrogens is 325 g/mol. The standard InChI is InChI=1S/C15H17BrFNO2/c1-3-15(4-2,8-16)9-18-12-10(13(19)14(18)20)6-5-7-11(12)17/h5-7H,3-4,8-9H2,1-2H3. The minimum atomic E-state index is -0.627. The van der Waals surface area contributed by atoms with E-state index in [1.165, 1.54) is 23.1 Å². The minimum Gasteiger partial charge on any atom is -0.301 e. The third kappa shape index (κ3) is 2.28. The van der Waals surface area contributed by atoms with E-state index < -0.39 is 17.5 Å². The van der Waals surface area contributed by atoms with E-state index in [-0.39, 0.29) is 16.7 Å². The van der Waals surface area contributed by atoms with Gasteiger partial charge in [0.25, 0.3) is 11.7 Å². The van der Waals surface area contributed by atoms with Crippen LogP contribution in [0.4, 0.5) is 10.1 Å². The number of ketones is 1. The maximum Gasteiger partial charge on any atom is 0.299 e. The van der Waals surface area contributed by atoms with Crippen molar-refractivity contribution in [1.82, 2.24) is 0 Å². The van der Waals surface area contributed by atoms with Crippen molar-refractivity contribution in [2.45, 2.75) is 26.7 Å². The number of hydrogen-bond donors (Lipinski definition) is 0. The van der Waals surface area contributed by atoms with Gasteiger partial charge in [0.15, 0.2) is 0 Å². The Morgan fingerprint density at radius 1 is 1.25 bits per heavy atom. The van der Waals surface area contributed by atoms with Gasteiger partial charge in [-0.2, -0.15) is 0 Å². The number of carbonyl (C=O) groups is 2. The van der Waals surface area contributed by atoms with Crippen molar-refractivity contribution in [3.8, 4) is 0 Å². The molecule has 0 atom stereocenters. The summed E-state index contributed by atoms with van der Waals surface area (Å²) in [5, 5.41) is 0.703. The number of rotatable bonds is 5. The van der Waals surface area contributed by atoms with Crippen molar-refractivity contribution in [1.29, 1.82) is 0 Å². The first-order valence-corrected chi connectivity index (χ1v) is 7.82. The van der Waals surface area contributed by atoms with Crippen LogP contribution >= 0.6 is 15.9 Å². The van der Waals surface area contributed by atoms with Crippen molar-refractivity contribution in [3.05, 3.63) is 29.6 Å². The van der Waals surface area contributed by atoms with Crippen LogP contribution in [0.1, 0.15) is 37.0 Å². The summed E-state index contributed by atoms with van der Waals surface area (Å²) in [5.41, 5.74) is 0.153. The zero-order valence-corrected chi connectivity index (χ0v) is 13.2. The smallest absolute Gasteiger partial charge is 0.299 e. The van der Waals surface area contributed by atoms with Gasteiger partial charge >= 0.3 is 0 Å². The molecule has 1 heterocycles. The SMILES string of the molecule is CCC(CC)(CBr)CN1C(=O)C(=O)c2cccc(F)c21. The lowest BCUT2D eigenvalue weighted by Crippen LogP contribution is -2.41. The number of halogens is 2. The predicted molar refractivity (Wildman–Crippen MR) is 79.9 cm³/mol. The number of Topliss-reactive ketones (excluding diaryl/α,β-unsaturated/α-hetero) is 1. The van der Waals surface area contributed by atoms with Crippen LogP contribution in [0.3, 0.4) is 0 Å². The molecule has 1 amide bonds. The van der Waals surface area contributed by atoms with Crippen molar-refractivity contribution in [2.24, 2.45) is 5.41 Å². The average Bonchev–Trinajstić information content (AvgIpc) is 2.71. The molecule has 0 spiro atoms. The van der Waals surface area contributed by atoms with Crippen LogP contribution in [0.5, 0.6) is 0 Å². The molecule has 1 aromatic rings. The Balaban J connectivity index is 2.44. The number of fused-ring (bicyclic) bond motifs is 1. The maximum absolute atomic E-state index is 14.0. The van der Waals surface area contributed by atoms with Gasteiger partial charge in [-0.1, -0.05) is 35.8 Å². The molecule has 0 bridgehead atoms. The van der Waals surface area contributed by atoms with Gasteiger partial charge in [-0.3, -0.25) is 9.59 Å². The molecule has 20 heavy (non-hydrogen) atoms. The summed E-state index contributed by atoms with van der Waals surface area (Å²) in [5.74, 6) is -1.76. The Hall–Kier alpha value is -1.23. The molecule has 0 fully saturated rings. The van der Waals surface area contributed by atoms with Gasteiger partial charge in [-0.25, -0.2) is 4.39 Å². The van der Waals surface area contributed by atoms with Crippen LogP contribution in [-0.4, -0.2) is 23.6 Å². The summed E-state index contributed by atoms with van der Waals surface area (Å²) in [6.07, 6.45) is 1.69. The first kappa shape index (κ1) is 15.2. The van der Waals surface area contributed by atoms with E-state index in [1.807, 2.05) is 13.8 Å². The normalized spacial score (nSPS) is 14.9. The summed E-state index contributed by atoms with van der Waals surface area (Å²) < 4.78 is 14.0. The largest absolute Gasteiger partial charge is 0.301 e. The van der Waals surface area contributed by atoms with Crippen LogP contribution in [0, 0.1) is 11.2 Å². The molecule has 0 aromatic heterocycles. The molecule has 0 saturated carbocycles. The number of alkyl halides is 1. The number of carbonyl (C=O) groups excluding carboxylic acids is 2. The van der Waals surface area contributed by atoms with Crippen LogP contribution in [0.15, 0.2) is 18.2 Å². The first-order chi connectivity index (χ1) is 9.49. The van der Waals surface area contributed by atoms with Gasteiger partial charge in [0.2, 0.25) is 0 Å². The topological polar surface area (TPSA) is 37.4 Å². The summed E-state index contributed by atoms with van der Waals surface area (Å²) >= 11 is 3.48. The zero-order chi connectivity index (χ0) is 14.9. The number of anilines is 1. The highest BCUT2D eigenvalue weighted by atomic mass is 79.9. The summed E-state index contributed by atoms with van der Waals surface area (Å²) in [6, 6.07) is 4.25. The van der Waals surface area contributed by atoms with Crippen LogP contribution in [-0.2, 0) is 4.79 Å². The number of amides is 1. The van der Waals surface area contributed by atoms with Gasteiger partial charge in [0, 0.05) is 11.9 Å². The van der Waals surface area contributed by atoms with Gasteiger partial charge < -0.3 is 4.90 Å². The lowest BCUT2D eigenvalue weighted by molar-refractivity contribution is -0.114. The Labute approximate surface area is 126 Å². The van der Waals surface area contributed by atoms with Crippen molar-refractivity contribution >= 4 is 33.3 Å². The van der Waals surface area contributed by atoms with Crippen LogP contribution in [0.25, 0.3) is 0 Å².